The van der Waals surface area contributed by atoms with E-state index in [-0.39, 0.29) is 17.2 Å². The van der Waals surface area contributed by atoms with E-state index in [0.29, 0.717) is 5.56 Å². The lowest BCUT2D eigenvalue weighted by molar-refractivity contribution is -0.156. The van der Waals surface area contributed by atoms with Gasteiger partial charge in [0.15, 0.2) is 17.9 Å². The minimum Gasteiger partial charge on any atom is -0.509 e. The molecule has 0 saturated carbocycles. The number of carbonyl (C=O) groups is 3. The summed E-state index contributed by atoms with van der Waals surface area (Å²) >= 11 is 1.26. The molecule has 2 heterocycles. The van der Waals surface area contributed by atoms with Crippen LogP contribution in [-0.2, 0) is 23.9 Å². The molecule has 250 valence electrons. The Labute approximate surface area is 294 Å². The Morgan fingerprint density at radius 3 is 1.54 bits per heavy atom. The normalized spacial score (nSPS) is 17.6. The van der Waals surface area contributed by atoms with Gasteiger partial charge in [-0.25, -0.2) is 4.79 Å². The fourth-order valence-corrected chi connectivity index (χ4v) is 7.43. The molecule has 2 aliphatic rings. The van der Waals surface area contributed by atoms with E-state index in [9.17, 15) is 19.5 Å². The summed E-state index contributed by atoms with van der Waals surface area (Å²) in [5.41, 5.74) is 3.63. The molecular weight excluding hydrogens is 649 g/mol. The summed E-state index contributed by atoms with van der Waals surface area (Å²) in [5.74, 6) is -2.05. The van der Waals surface area contributed by atoms with Crippen molar-refractivity contribution < 1.29 is 29.0 Å². The topological polar surface area (TPSA) is 105 Å². The van der Waals surface area contributed by atoms with Crippen molar-refractivity contribution in [2.24, 2.45) is 0 Å². The van der Waals surface area contributed by atoms with Crippen LogP contribution in [0.15, 0.2) is 163 Å². The lowest BCUT2D eigenvalue weighted by Gasteiger charge is -2.49. The average molecular weight is 683 g/mol. The number of hydrogen-bond acceptors (Lipinski definition) is 7. The van der Waals surface area contributed by atoms with E-state index < -0.39 is 47.5 Å². The van der Waals surface area contributed by atoms with Crippen LogP contribution in [0.25, 0.3) is 0 Å². The molecule has 50 heavy (non-hydrogen) atoms. The third-order valence-electron chi connectivity index (χ3n) is 8.69. The Morgan fingerprint density at radius 1 is 0.660 bits per heavy atom. The number of hydrogen-bond donors (Lipinski definition) is 2. The number of β-lactam (4-membered cyclic amide) rings is 1. The van der Waals surface area contributed by atoms with Crippen molar-refractivity contribution in [1.82, 2.24) is 10.2 Å². The third kappa shape index (κ3) is 6.78. The van der Waals surface area contributed by atoms with Gasteiger partial charge in [-0.3, -0.25) is 14.5 Å². The van der Waals surface area contributed by atoms with Gasteiger partial charge in [0, 0.05) is 0 Å². The highest BCUT2D eigenvalue weighted by Gasteiger charge is 2.55. The number of benzene rings is 5. The van der Waals surface area contributed by atoms with Crippen LogP contribution in [0.2, 0.25) is 0 Å². The number of amides is 2. The maximum Gasteiger partial charge on any atom is 0.359 e. The first-order valence-corrected chi connectivity index (χ1v) is 17.3. The zero-order chi connectivity index (χ0) is 34.5. The smallest absolute Gasteiger partial charge is 0.359 e. The van der Waals surface area contributed by atoms with Crippen LogP contribution >= 0.6 is 11.8 Å². The fourth-order valence-electron chi connectivity index (χ4n) is 6.23. The van der Waals surface area contributed by atoms with Crippen molar-refractivity contribution in [2.45, 2.75) is 29.7 Å². The second kappa shape index (κ2) is 14.9. The van der Waals surface area contributed by atoms with Gasteiger partial charge in [0.05, 0.1) is 5.75 Å². The van der Waals surface area contributed by atoms with Gasteiger partial charge in [0.2, 0.25) is 0 Å². The molecule has 0 radical (unpaired) electrons. The van der Waals surface area contributed by atoms with E-state index >= 15 is 0 Å². The summed E-state index contributed by atoms with van der Waals surface area (Å²) in [6.45, 7) is 0. The SMILES string of the molecule is O=C(OC(c1ccccc1)c1ccccc1)C1=C(O)CS[C@H]2C(NC(=O)C(OC(c3ccccc3)c3ccccc3)c3ccccc3)C(=O)N12. The fraction of sp³-hybridized carbons (Fsp3) is 0.146. The number of nitrogens with zero attached hydrogens (tertiary/aromatic N) is 1. The Kier molecular flexibility index (Phi) is 9.77. The molecule has 2 N–H and O–H groups in total. The maximum absolute atomic E-state index is 14.1. The number of esters is 1. The molecule has 0 spiro atoms. The number of fused-ring (bicyclic) bond motifs is 1. The zero-order valence-electron chi connectivity index (χ0n) is 26.9. The van der Waals surface area contributed by atoms with Crippen molar-refractivity contribution in [3.05, 3.63) is 191 Å². The summed E-state index contributed by atoms with van der Waals surface area (Å²) in [4.78, 5) is 42.9. The predicted molar refractivity (Wildman–Crippen MR) is 190 cm³/mol. The van der Waals surface area contributed by atoms with Crippen molar-refractivity contribution in [3.8, 4) is 0 Å². The summed E-state index contributed by atoms with van der Waals surface area (Å²) in [7, 11) is 0. The largest absolute Gasteiger partial charge is 0.509 e. The van der Waals surface area contributed by atoms with Crippen molar-refractivity contribution in [2.75, 3.05) is 5.75 Å². The molecule has 2 unspecified atom stereocenters. The molecule has 1 fully saturated rings. The highest BCUT2D eigenvalue weighted by atomic mass is 32.2. The number of ether oxygens (including phenoxy) is 2. The van der Waals surface area contributed by atoms with E-state index in [1.165, 1.54) is 16.7 Å². The molecule has 7 rings (SSSR count). The first-order chi connectivity index (χ1) is 24.5. The Morgan fingerprint density at radius 2 is 1.08 bits per heavy atom. The van der Waals surface area contributed by atoms with Crippen LogP contribution in [0.5, 0.6) is 0 Å². The van der Waals surface area contributed by atoms with Crippen LogP contribution in [0, 0.1) is 0 Å². The maximum atomic E-state index is 14.1. The van der Waals surface area contributed by atoms with Gasteiger partial charge in [-0.15, -0.1) is 11.8 Å². The number of nitrogens with one attached hydrogen (secondary N) is 1. The molecule has 2 aliphatic heterocycles. The van der Waals surface area contributed by atoms with E-state index in [1.54, 1.807) is 0 Å². The minimum absolute atomic E-state index is 0.0648. The summed E-state index contributed by atoms with van der Waals surface area (Å²) in [6, 6.07) is 46.0. The quantitative estimate of drug-likeness (QED) is 0.114. The highest BCUT2D eigenvalue weighted by molar-refractivity contribution is 8.00. The van der Waals surface area contributed by atoms with E-state index in [4.69, 9.17) is 9.47 Å². The van der Waals surface area contributed by atoms with Gasteiger partial charge in [0.1, 0.15) is 23.3 Å². The second-order valence-corrected chi connectivity index (χ2v) is 13.0. The molecule has 3 atom stereocenters. The molecule has 9 heteroatoms. The highest BCUT2D eigenvalue weighted by Crippen LogP contribution is 2.41. The van der Waals surface area contributed by atoms with Crippen LogP contribution < -0.4 is 5.32 Å². The second-order valence-electron chi connectivity index (χ2n) is 11.9. The first kappa shape index (κ1) is 32.9. The molecule has 5 aromatic carbocycles. The molecule has 0 aliphatic carbocycles. The van der Waals surface area contributed by atoms with E-state index in [2.05, 4.69) is 5.32 Å². The predicted octanol–water partition coefficient (Wildman–Crippen LogP) is 7.04. The Hall–Kier alpha value is -5.64. The lowest BCUT2D eigenvalue weighted by atomic mass is 9.99. The monoisotopic (exact) mass is 682 g/mol. The third-order valence-corrected chi connectivity index (χ3v) is 9.95. The number of rotatable bonds is 11. The van der Waals surface area contributed by atoms with Crippen LogP contribution in [0.1, 0.15) is 46.1 Å². The number of carbonyl (C=O) groups excluding carboxylic acids is 3. The van der Waals surface area contributed by atoms with Crippen LogP contribution in [0.4, 0.5) is 0 Å². The number of thioether (sulfide) groups is 1. The van der Waals surface area contributed by atoms with Gasteiger partial charge in [0.25, 0.3) is 11.8 Å². The van der Waals surface area contributed by atoms with Crippen LogP contribution in [-0.4, -0.2) is 45.0 Å². The first-order valence-electron chi connectivity index (χ1n) is 16.3. The van der Waals surface area contributed by atoms with E-state index in [0.717, 1.165) is 22.3 Å². The minimum atomic E-state index is -1.07. The summed E-state index contributed by atoms with van der Waals surface area (Å²) < 4.78 is 12.7. The van der Waals surface area contributed by atoms with E-state index in [1.807, 2.05) is 152 Å². The average Bonchev–Trinajstić information content (AvgIpc) is 3.18. The summed E-state index contributed by atoms with van der Waals surface area (Å²) in [5, 5.41) is 13.2. The molecule has 1 saturated heterocycles. The number of aliphatic hydroxyl groups excluding tert-OH is 1. The molecule has 5 aromatic rings. The molecule has 2 amide bonds. The molecule has 0 aromatic heterocycles. The van der Waals surface area contributed by atoms with Gasteiger partial charge in [-0.2, -0.15) is 0 Å². The van der Waals surface area contributed by atoms with Crippen molar-refractivity contribution >= 4 is 29.5 Å². The van der Waals surface area contributed by atoms with Crippen molar-refractivity contribution in [3.63, 3.8) is 0 Å². The molecule has 8 nitrogen and oxygen atoms in total. The lowest BCUT2D eigenvalue weighted by Crippen LogP contribution is -2.71. The zero-order valence-corrected chi connectivity index (χ0v) is 27.7. The van der Waals surface area contributed by atoms with Gasteiger partial charge in [-0.05, 0) is 27.8 Å². The van der Waals surface area contributed by atoms with Gasteiger partial charge >= 0.3 is 5.97 Å². The molecular formula is C41H34N2O6S. The summed E-state index contributed by atoms with van der Waals surface area (Å²) in [6.07, 6.45) is -2.41. The molecule has 0 bridgehead atoms. The Bertz CT molecular complexity index is 1900. The standard InChI is InChI=1S/C41H34N2O6S/c44-32-26-50-40-33(39(46)43(40)34(32)41(47)49-36(29-20-10-3-11-21-29)30-22-12-4-13-23-30)42-38(45)37(31-24-14-5-15-25-31)48-35(27-16-6-1-7-17-27)28-18-8-2-9-19-28/h1-25,33,35-37,40,44H,26H2,(H,42,45)/t33?,37?,40-/m0/s1. The van der Waals surface area contributed by atoms with Crippen molar-refractivity contribution in [1.29, 1.82) is 0 Å². The van der Waals surface area contributed by atoms with Crippen LogP contribution in [0.3, 0.4) is 0 Å². The Balaban J connectivity index is 1.12. The van der Waals surface area contributed by atoms with Gasteiger partial charge < -0.3 is 19.9 Å². The van der Waals surface area contributed by atoms with Gasteiger partial charge in [-0.1, -0.05) is 152 Å². The number of aliphatic hydroxyl groups is 1.